The van der Waals surface area contributed by atoms with Crippen LogP contribution < -0.4 is 46.8 Å². The highest BCUT2D eigenvalue weighted by atomic mass is 32.2. The molecule has 2 fully saturated rings. The topological polar surface area (TPSA) is 438 Å². The number of rotatable bonds is 44. The van der Waals surface area contributed by atoms with Gasteiger partial charge in [-0.3, -0.25) is 48.2 Å². The lowest BCUT2D eigenvalue weighted by atomic mass is 9.90. The number of nitrogens with one attached hydrogen (secondary N) is 8. The quantitative estimate of drug-likeness (QED) is 0.0253. The fourth-order valence-corrected chi connectivity index (χ4v) is 13.6. The van der Waals surface area contributed by atoms with Gasteiger partial charge in [-0.2, -0.15) is 4.72 Å². The molecule has 2 saturated heterocycles. The third-order valence-corrected chi connectivity index (χ3v) is 19.8. The number of aliphatic hydroxyl groups excluding tert-OH is 2. The summed E-state index contributed by atoms with van der Waals surface area (Å²) in [4.78, 5) is 119. The maximum atomic E-state index is 13.8. The number of H-pyrrole nitrogens is 1. The third-order valence-electron chi connectivity index (χ3n) is 18.0. The molecular formula is C70H110N14O20S. The molecule has 0 radical (unpaired) electrons. The smallest absolute Gasteiger partial charge is 0.323 e. The van der Waals surface area contributed by atoms with E-state index in [2.05, 4.69) is 63.3 Å². The molecule has 12 N–H and O–H groups in total. The molecule has 2 aliphatic rings. The summed E-state index contributed by atoms with van der Waals surface area (Å²) >= 11 is 0. The number of likely N-dealkylation sites (N-methyl/N-ethyl adjacent to an activating group) is 2. The standard InChI is InChI=1S/C70H110N14O20S/c1-8-57-62(90)49(5)63(91)69(104-57)103-34-22-72-59(86)17-16-54(78-60(87)45-83-26-24-80(6)23-25-82(9-2)27-28-84(30-29-83)46-61(88)89)67(94)73-19-12-32-100-36-38-101-37-35-99-31-11-18-71-58(85)13-10-33-102-51-39-47(3)65(48(4)40-51)105(97,98)79-55(68(95)96)43-76-66(93)53-44-81(7)56-41-50(14-15-52(56)64(53)92)42-77-70-74-20-21-75-70/h14-15,20-21,39-41,44,49,54-55,57,62-63,69,79,90-91H,8-13,16-19,22-38,42-43,45-46H2,1-7H3,(H,71,85)(H,72,86)(H,73,94)(H,76,93)(H,78,87)(H,88,89)(H,95,96)(H2,74,75,77)/t49?,54-,55?,57?,62?,63?,69?/m1/s1. The van der Waals surface area contributed by atoms with Crippen molar-refractivity contribution in [2.45, 2.75) is 128 Å². The molecule has 5 amide bonds. The Morgan fingerprint density at radius 3 is 1.97 bits per heavy atom. The molecule has 34 nitrogen and oxygen atoms in total. The minimum Gasteiger partial charge on any atom is -0.494 e. The Hall–Kier alpha value is -7.78. The molecule has 4 aromatic rings. The normalized spacial score (nSPS) is 18.8. The predicted molar refractivity (Wildman–Crippen MR) is 388 cm³/mol. The summed E-state index contributed by atoms with van der Waals surface area (Å²) in [5.41, 5.74) is 1.06. The fraction of sp³-hybridized carbons (Fsp3) is 0.643. The van der Waals surface area contributed by atoms with Crippen molar-refractivity contribution in [1.29, 1.82) is 0 Å². The molecule has 6 rings (SSSR count). The number of nitrogens with zero attached hydrogens (tertiary/aromatic N) is 6. The van der Waals surface area contributed by atoms with Gasteiger partial charge in [0.1, 0.15) is 29.5 Å². The lowest BCUT2D eigenvalue weighted by Crippen LogP contribution is -2.54. The molecule has 35 heteroatoms. The first-order valence-corrected chi connectivity index (χ1v) is 37.4. The molecule has 0 bridgehead atoms. The average Bonchev–Trinajstić information content (AvgIpc) is 1.02. The molecule has 586 valence electrons. The Balaban J connectivity index is 0.830. The van der Waals surface area contributed by atoms with Crippen LogP contribution in [0.15, 0.2) is 58.6 Å². The summed E-state index contributed by atoms with van der Waals surface area (Å²) in [5, 5.41) is 57.7. The number of carbonyl (C=O) groups excluding carboxylic acids is 5. The number of fused-ring (bicyclic) bond motifs is 1. The van der Waals surface area contributed by atoms with Crippen molar-refractivity contribution in [2.24, 2.45) is 13.0 Å². The van der Waals surface area contributed by atoms with Crippen molar-refractivity contribution in [3.63, 3.8) is 0 Å². The average molecular weight is 1500 g/mol. The van der Waals surface area contributed by atoms with Gasteiger partial charge < -0.3 is 100 Å². The summed E-state index contributed by atoms with van der Waals surface area (Å²) in [6, 6.07) is 5.22. The van der Waals surface area contributed by atoms with Crippen LogP contribution in [0.25, 0.3) is 10.9 Å². The van der Waals surface area contributed by atoms with Crippen LogP contribution in [0.5, 0.6) is 5.75 Å². The highest BCUT2D eigenvalue weighted by Crippen LogP contribution is 2.29. The zero-order valence-corrected chi connectivity index (χ0v) is 62.3. The van der Waals surface area contributed by atoms with Crippen LogP contribution in [-0.4, -0.2) is 299 Å². The number of carboxylic acids is 2. The minimum absolute atomic E-state index is 0.0118. The molecule has 0 saturated carbocycles. The van der Waals surface area contributed by atoms with E-state index in [-0.39, 0.29) is 105 Å². The number of hydrogen-bond acceptors (Lipinski definition) is 24. The highest BCUT2D eigenvalue weighted by Gasteiger charge is 2.42. The molecular weight excluding hydrogens is 1390 g/mol. The zero-order valence-electron chi connectivity index (χ0n) is 61.5. The SMILES string of the molecule is CCC1OC(OCCNC(=O)CC[C@@H](NC(=O)CN2CCN(C)CCN(CC)CCN(CC(=O)O)CC2)C(=O)NCCCOCCOCCOCCCNC(=O)CCCOc2cc(C)c(S(=O)(=O)NC(CNC(=O)c3cn(C)c4cc(CNc5ncc[nH]5)ccc4c3=O)C(=O)O)c(C)c2)C(O)C(C)C1O. The summed E-state index contributed by atoms with van der Waals surface area (Å²) in [7, 11) is -0.804. The first kappa shape index (κ1) is 86.1. The second-order valence-corrected chi connectivity index (χ2v) is 27.9. The number of pyridine rings is 1. The van der Waals surface area contributed by atoms with Crippen LogP contribution in [0.2, 0.25) is 0 Å². The second kappa shape index (κ2) is 45.0. The molecule has 105 heavy (non-hydrogen) atoms. The number of imidazole rings is 1. The van der Waals surface area contributed by atoms with E-state index in [1.165, 1.54) is 32.2 Å². The van der Waals surface area contributed by atoms with E-state index >= 15 is 0 Å². The number of aliphatic hydroxyl groups is 2. The zero-order chi connectivity index (χ0) is 76.4. The Labute approximate surface area is 613 Å². The lowest BCUT2D eigenvalue weighted by molar-refractivity contribution is -0.282. The van der Waals surface area contributed by atoms with E-state index in [4.69, 9.17) is 28.4 Å². The first-order valence-electron chi connectivity index (χ1n) is 35.9. The van der Waals surface area contributed by atoms with Gasteiger partial charge in [-0.25, -0.2) is 13.4 Å². The predicted octanol–water partition coefficient (Wildman–Crippen LogP) is -0.280. The van der Waals surface area contributed by atoms with Gasteiger partial charge in [0.2, 0.25) is 39.1 Å². The third kappa shape index (κ3) is 29.5. The molecule has 2 aromatic carbocycles. The monoisotopic (exact) mass is 1500 g/mol. The summed E-state index contributed by atoms with van der Waals surface area (Å²) in [6.07, 6.45) is 3.11. The largest absolute Gasteiger partial charge is 0.494 e. The lowest BCUT2D eigenvalue weighted by Gasteiger charge is -2.41. The van der Waals surface area contributed by atoms with E-state index in [1.54, 1.807) is 49.1 Å². The molecule has 0 spiro atoms. The van der Waals surface area contributed by atoms with E-state index in [0.29, 0.717) is 122 Å². The number of anilines is 1. The first-order chi connectivity index (χ1) is 50.3. The van der Waals surface area contributed by atoms with Crippen LogP contribution in [0, 0.1) is 19.8 Å². The number of ether oxygens (including phenoxy) is 6. The van der Waals surface area contributed by atoms with Gasteiger partial charge in [-0.15, -0.1) is 0 Å². The van der Waals surface area contributed by atoms with E-state index in [1.807, 2.05) is 23.8 Å². The second-order valence-electron chi connectivity index (χ2n) is 26.2. The van der Waals surface area contributed by atoms with Gasteiger partial charge in [-0.05, 0) is 100 Å². The molecule has 7 atom stereocenters. The molecule has 0 aliphatic carbocycles. The van der Waals surface area contributed by atoms with Crippen molar-refractivity contribution in [3.05, 3.63) is 81.4 Å². The Morgan fingerprint density at radius 2 is 1.33 bits per heavy atom. The van der Waals surface area contributed by atoms with Gasteiger partial charge in [0, 0.05) is 148 Å². The van der Waals surface area contributed by atoms with Crippen molar-refractivity contribution in [3.8, 4) is 5.75 Å². The van der Waals surface area contributed by atoms with Gasteiger partial charge >= 0.3 is 11.9 Å². The number of hydrogen-bond donors (Lipinski definition) is 12. The van der Waals surface area contributed by atoms with Crippen molar-refractivity contribution in [1.82, 2.24) is 65.4 Å². The number of sulfonamides is 1. The van der Waals surface area contributed by atoms with Gasteiger partial charge in [-0.1, -0.05) is 26.8 Å². The van der Waals surface area contributed by atoms with Gasteiger partial charge in [0.05, 0.1) is 75.4 Å². The van der Waals surface area contributed by atoms with E-state index in [9.17, 15) is 67.2 Å². The Bertz CT molecular complexity index is 3570. The Morgan fingerprint density at radius 1 is 0.714 bits per heavy atom. The number of aromatic amines is 1. The van der Waals surface area contributed by atoms with Gasteiger partial charge in [0.25, 0.3) is 5.91 Å². The van der Waals surface area contributed by atoms with E-state index < -0.39 is 100 Å². The number of aryl methyl sites for hydroxylation is 3. The molecule has 2 aliphatic heterocycles. The molecule has 6 unspecified atom stereocenters. The van der Waals surface area contributed by atoms with Crippen molar-refractivity contribution < 1.29 is 90.8 Å². The Kier molecular flexibility index (Phi) is 36.9. The van der Waals surface area contributed by atoms with Crippen LogP contribution in [0.4, 0.5) is 5.95 Å². The van der Waals surface area contributed by atoms with Gasteiger partial charge in [0.15, 0.2) is 12.2 Å². The summed E-state index contributed by atoms with van der Waals surface area (Å²) in [6.45, 7) is 16.6. The summed E-state index contributed by atoms with van der Waals surface area (Å²) < 4.78 is 65.4. The number of carboxylic acid groups (broad SMARTS) is 2. The van der Waals surface area contributed by atoms with Crippen LogP contribution in [0.3, 0.4) is 0 Å². The molecule has 2 aromatic heterocycles. The van der Waals surface area contributed by atoms with Crippen molar-refractivity contribution in [2.75, 3.05) is 163 Å². The van der Waals surface area contributed by atoms with Crippen LogP contribution in [0.1, 0.15) is 92.8 Å². The van der Waals surface area contributed by atoms with E-state index in [0.717, 1.165) is 25.2 Å². The number of aliphatic carboxylic acids is 2. The number of benzene rings is 2. The maximum Gasteiger partial charge on any atom is 0.323 e. The maximum absolute atomic E-state index is 13.8. The van der Waals surface area contributed by atoms with Crippen LogP contribution >= 0.6 is 0 Å². The number of carbonyl (C=O) groups is 7. The minimum atomic E-state index is -4.48. The highest BCUT2D eigenvalue weighted by molar-refractivity contribution is 7.89. The fourth-order valence-electron chi connectivity index (χ4n) is 11.9. The number of amides is 5. The molecule has 4 heterocycles. The number of aromatic nitrogens is 3. The van der Waals surface area contributed by atoms with Crippen LogP contribution in [-0.2, 0) is 76.1 Å². The summed E-state index contributed by atoms with van der Waals surface area (Å²) in [5.74, 6) is -4.46. The van der Waals surface area contributed by atoms with Crippen molar-refractivity contribution >= 4 is 68.3 Å².